The molecule has 2 atom stereocenters. The monoisotopic (exact) mass is 252 g/mol. The smallest absolute Gasteiger partial charge is 0.0703 e. The number of hydrogen-bond acceptors (Lipinski definition) is 3. The van der Waals surface area contributed by atoms with E-state index in [4.69, 9.17) is 4.74 Å². The lowest BCUT2D eigenvalue weighted by atomic mass is 9.86. The summed E-state index contributed by atoms with van der Waals surface area (Å²) in [4.78, 5) is 2.68. The van der Waals surface area contributed by atoms with Gasteiger partial charge in [-0.1, -0.05) is 0 Å². The van der Waals surface area contributed by atoms with Crippen LogP contribution in [-0.2, 0) is 4.74 Å². The molecular weight excluding hydrogens is 224 g/mol. The zero-order valence-electron chi connectivity index (χ0n) is 12.2. The predicted octanol–water partition coefficient (Wildman–Crippen LogP) is 2.02. The summed E-state index contributed by atoms with van der Waals surface area (Å²) in [5, 5.41) is 3.82. The Hall–Kier alpha value is -0.120. The summed E-state index contributed by atoms with van der Waals surface area (Å²) < 4.78 is 5.83. The molecule has 3 heteroatoms. The van der Waals surface area contributed by atoms with Gasteiger partial charge >= 0.3 is 0 Å². The van der Waals surface area contributed by atoms with Gasteiger partial charge in [-0.25, -0.2) is 0 Å². The van der Waals surface area contributed by atoms with E-state index in [1.807, 2.05) is 0 Å². The third kappa shape index (κ3) is 2.45. The highest BCUT2D eigenvalue weighted by Crippen LogP contribution is 2.42. The molecule has 2 aliphatic heterocycles. The van der Waals surface area contributed by atoms with Gasteiger partial charge in [-0.2, -0.15) is 0 Å². The summed E-state index contributed by atoms with van der Waals surface area (Å²) in [5.74, 6) is 0.903. The summed E-state index contributed by atoms with van der Waals surface area (Å²) in [5.41, 5.74) is 0.606. The lowest BCUT2D eigenvalue weighted by molar-refractivity contribution is -0.0157. The highest BCUT2D eigenvalue weighted by molar-refractivity contribution is 5.06. The number of nitrogens with one attached hydrogen (secondary N) is 1. The Morgan fingerprint density at radius 3 is 2.61 bits per heavy atom. The van der Waals surface area contributed by atoms with Crippen molar-refractivity contribution in [3.63, 3.8) is 0 Å². The van der Waals surface area contributed by atoms with Crippen molar-refractivity contribution in [1.82, 2.24) is 10.2 Å². The van der Waals surface area contributed by atoms with Crippen molar-refractivity contribution in [3.8, 4) is 0 Å². The molecule has 0 amide bonds. The fraction of sp³-hybridized carbons (Fsp3) is 1.00. The Bertz CT molecular complexity index is 308. The number of hydrogen-bond donors (Lipinski definition) is 1. The van der Waals surface area contributed by atoms with E-state index in [1.165, 1.54) is 32.2 Å². The molecule has 3 nitrogen and oxygen atoms in total. The summed E-state index contributed by atoms with van der Waals surface area (Å²) in [7, 11) is 0. The third-order valence-electron chi connectivity index (χ3n) is 5.23. The van der Waals surface area contributed by atoms with Gasteiger partial charge in [0.2, 0.25) is 0 Å². The van der Waals surface area contributed by atoms with Gasteiger partial charge in [-0.15, -0.1) is 0 Å². The molecule has 3 rings (SSSR count). The number of rotatable bonds is 3. The third-order valence-corrected chi connectivity index (χ3v) is 5.23. The van der Waals surface area contributed by atoms with Crippen molar-refractivity contribution in [2.75, 3.05) is 26.2 Å². The van der Waals surface area contributed by atoms with Crippen LogP contribution in [0.5, 0.6) is 0 Å². The van der Waals surface area contributed by atoms with Gasteiger partial charge in [-0.05, 0) is 52.4 Å². The molecule has 0 radical (unpaired) electrons. The van der Waals surface area contributed by atoms with E-state index < -0.39 is 0 Å². The molecule has 2 unspecified atom stereocenters. The SMILES string of the molecule is CC1(C2CC2)CN(CC2CCCO2)C(C)(C)CN1. The molecule has 0 aromatic heterocycles. The first-order valence-corrected chi connectivity index (χ1v) is 7.61. The van der Waals surface area contributed by atoms with Gasteiger partial charge in [0.15, 0.2) is 0 Å². The van der Waals surface area contributed by atoms with E-state index in [1.54, 1.807) is 0 Å². The second-order valence-corrected chi connectivity index (χ2v) is 7.37. The first-order valence-electron chi connectivity index (χ1n) is 7.61. The Balaban J connectivity index is 1.67. The average molecular weight is 252 g/mol. The molecule has 18 heavy (non-hydrogen) atoms. The van der Waals surface area contributed by atoms with E-state index in [9.17, 15) is 0 Å². The highest BCUT2D eigenvalue weighted by Gasteiger charge is 2.48. The maximum absolute atomic E-state index is 5.83. The van der Waals surface area contributed by atoms with Crippen LogP contribution in [0.15, 0.2) is 0 Å². The van der Waals surface area contributed by atoms with Gasteiger partial charge in [-0.3, -0.25) is 4.90 Å². The van der Waals surface area contributed by atoms with E-state index in [0.29, 0.717) is 11.6 Å². The Morgan fingerprint density at radius 1 is 1.22 bits per heavy atom. The lowest BCUT2D eigenvalue weighted by Crippen LogP contribution is -2.68. The highest BCUT2D eigenvalue weighted by atomic mass is 16.5. The van der Waals surface area contributed by atoms with Crippen LogP contribution in [0.2, 0.25) is 0 Å². The second-order valence-electron chi connectivity index (χ2n) is 7.37. The molecule has 3 fully saturated rings. The molecule has 1 saturated carbocycles. The largest absolute Gasteiger partial charge is 0.377 e. The predicted molar refractivity (Wildman–Crippen MR) is 73.8 cm³/mol. The van der Waals surface area contributed by atoms with Crippen LogP contribution >= 0.6 is 0 Å². The van der Waals surface area contributed by atoms with Crippen LogP contribution in [0.3, 0.4) is 0 Å². The molecular formula is C15H28N2O. The van der Waals surface area contributed by atoms with Crippen LogP contribution in [-0.4, -0.2) is 48.3 Å². The topological polar surface area (TPSA) is 24.5 Å². The zero-order chi connectivity index (χ0) is 12.8. The van der Waals surface area contributed by atoms with Crippen molar-refractivity contribution in [1.29, 1.82) is 0 Å². The summed E-state index contributed by atoms with van der Waals surface area (Å²) in [6.07, 6.45) is 5.80. The first kappa shape index (κ1) is 12.9. The second kappa shape index (κ2) is 4.46. The van der Waals surface area contributed by atoms with Crippen molar-refractivity contribution in [2.45, 2.75) is 63.6 Å². The quantitative estimate of drug-likeness (QED) is 0.831. The fourth-order valence-corrected chi connectivity index (χ4v) is 3.54. The van der Waals surface area contributed by atoms with Crippen molar-refractivity contribution in [2.24, 2.45) is 5.92 Å². The first-order chi connectivity index (χ1) is 8.50. The summed E-state index contributed by atoms with van der Waals surface area (Å²) in [6.45, 7) is 11.5. The lowest BCUT2D eigenvalue weighted by Gasteiger charge is -2.51. The molecule has 0 aromatic carbocycles. The standard InChI is InChI=1S/C15H28N2O/c1-14(2)10-16-15(3,12-6-7-12)11-17(14)9-13-5-4-8-18-13/h12-13,16H,4-11H2,1-3H3. The van der Waals surface area contributed by atoms with Crippen LogP contribution in [0.4, 0.5) is 0 Å². The molecule has 0 spiro atoms. The molecule has 1 N–H and O–H groups in total. The van der Waals surface area contributed by atoms with Gasteiger partial charge < -0.3 is 10.1 Å². The van der Waals surface area contributed by atoms with Gasteiger partial charge in [0.25, 0.3) is 0 Å². The summed E-state index contributed by atoms with van der Waals surface area (Å²) >= 11 is 0. The maximum Gasteiger partial charge on any atom is 0.0703 e. The maximum atomic E-state index is 5.83. The van der Waals surface area contributed by atoms with Crippen LogP contribution in [0.1, 0.15) is 46.5 Å². The number of piperazine rings is 1. The fourth-order valence-electron chi connectivity index (χ4n) is 3.54. The molecule has 1 aliphatic carbocycles. The van der Waals surface area contributed by atoms with Gasteiger partial charge in [0.1, 0.15) is 0 Å². The minimum Gasteiger partial charge on any atom is -0.377 e. The van der Waals surface area contributed by atoms with Gasteiger partial charge in [0, 0.05) is 37.3 Å². The molecule has 3 aliphatic rings. The van der Waals surface area contributed by atoms with Crippen LogP contribution < -0.4 is 5.32 Å². The Labute approximate surface area is 111 Å². The molecule has 2 heterocycles. The molecule has 104 valence electrons. The number of ether oxygens (including phenoxy) is 1. The Kier molecular flexibility index (Phi) is 3.20. The normalized spacial score (nSPS) is 41.2. The molecule has 0 aromatic rings. The van der Waals surface area contributed by atoms with E-state index >= 15 is 0 Å². The minimum atomic E-state index is 0.264. The zero-order valence-corrected chi connectivity index (χ0v) is 12.2. The van der Waals surface area contributed by atoms with Crippen molar-refractivity contribution < 1.29 is 4.74 Å². The van der Waals surface area contributed by atoms with E-state index in [0.717, 1.165) is 25.6 Å². The average Bonchev–Trinajstić information content (AvgIpc) is 3.06. The molecule has 2 saturated heterocycles. The summed E-state index contributed by atoms with van der Waals surface area (Å²) in [6, 6.07) is 0. The van der Waals surface area contributed by atoms with Crippen molar-refractivity contribution >= 4 is 0 Å². The van der Waals surface area contributed by atoms with E-state index in [2.05, 4.69) is 31.0 Å². The van der Waals surface area contributed by atoms with E-state index in [-0.39, 0.29) is 5.54 Å². The molecule has 0 bridgehead atoms. The Morgan fingerprint density at radius 2 is 2.00 bits per heavy atom. The van der Waals surface area contributed by atoms with Crippen LogP contribution in [0, 0.1) is 5.92 Å². The minimum absolute atomic E-state index is 0.264. The van der Waals surface area contributed by atoms with Crippen LogP contribution in [0.25, 0.3) is 0 Å². The van der Waals surface area contributed by atoms with Crippen molar-refractivity contribution in [3.05, 3.63) is 0 Å². The van der Waals surface area contributed by atoms with Gasteiger partial charge in [0.05, 0.1) is 6.10 Å². The number of nitrogens with zero attached hydrogens (tertiary/aromatic N) is 1.